The lowest BCUT2D eigenvalue weighted by atomic mass is 9.96. The van der Waals surface area contributed by atoms with Crippen LogP contribution in [-0.2, 0) is 11.2 Å². The Kier molecular flexibility index (Phi) is 5.99. The molecule has 0 radical (unpaired) electrons. The number of aliphatic carboxylic acids is 1. The van der Waals surface area contributed by atoms with E-state index >= 15 is 0 Å². The maximum atomic E-state index is 11.3. The minimum atomic E-state index is -0.834. The molecular formula is C15H24N2O2. The lowest BCUT2D eigenvalue weighted by molar-refractivity contribution is -0.141. The number of hydrogen-bond acceptors (Lipinski definition) is 3. The quantitative estimate of drug-likeness (QED) is 0.790. The van der Waals surface area contributed by atoms with Crippen LogP contribution in [0.25, 0.3) is 0 Å². The maximum Gasteiger partial charge on any atom is 0.322 e. The average Bonchev–Trinajstić information content (AvgIpc) is 2.36. The van der Waals surface area contributed by atoms with Crippen molar-refractivity contribution in [2.75, 3.05) is 21.1 Å². The molecule has 2 atom stereocenters. The number of nitrogens with zero attached hydrogens (tertiary/aromatic N) is 1. The predicted octanol–water partition coefficient (Wildman–Crippen LogP) is 1.91. The molecule has 1 aromatic rings. The van der Waals surface area contributed by atoms with Gasteiger partial charge in [-0.1, -0.05) is 37.6 Å². The van der Waals surface area contributed by atoms with E-state index in [1.165, 1.54) is 5.56 Å². The zero-order chi connectivity index (χ0) is 14.4. The van der Waals surface area contributed by atoms with Gasteiger partial charge in [-0.15, -0.1) is 0 Å². The van der Waals surface area contributed by atoms with Crippen LogP contribution in [0.4, 0.5) is 0 Å². The van der Waals surface area contributed by atoms with Crippen molar-refractivity contribution in [3.8, 4) is 0 Å². The second kappa shape index (κ2) is 7.26. The SMILES string of the molecule is CCCc1ccc(C(C(NC)C(=O)O)N(C)C)cc1. The van der Waals surface area contributed by atoms with Gasteiger partial charge in [0.15, 0.2) is 0 Å². The molecule has 0 fully saturated rings. The van der Waals surface area contributed by atoms with Crippen molar-refractivity contribution in [2.24, 2.45) is 0 Å². The van der Waals surface area contributed by atoms with Crippen LogP contribution < -0.4 is 5.32 Å². The molecule has 0 aliphatic rings. The van der Waals surface area contributed by atoms with Gasteiger partial charge in [0.2, 0.25) is 0 Å². The summed E-state index contributed by atoms with van der Waals surface area (Å²) >= 11 is 0. The third-order valence-corrected chi connectivity index (χ3v) is 3.31. The summed E-state index contributed by atoms with van der Waals surface area (Å²) in [5.41, 5.74) is 2.31. The van der Waals surface area contributed by atoms with E-state index in [2.05, 4.69) is 24.4 Å². The van der Waals surface area contributed by atoms with E-state index in [0.29, 0.717) is 0 Å². The zero-order valence-electron chi connectivity index (χ0n) is 12.2. The van der Waals surface area contributed by atoms with Gasteiger partial charge >= 0.3 is 5.97 Å². The van der Waals surface area contributed by atoms with Gasteiger partial charge in [-0.3, -0.25) is 4.79 Å². The third-order valence-electron chi connectivity index (χ3n) is 3.31. The second-order valence-electron chi connectivity index (χ2n) is 5.00. The Morgan fingerprint density at radius 1 is 1.32 bits per heavy atom. The minimum Gasteiger partial charge on any atom is -0.480 e. The summed E-state index contributed by atoms with van der Waals surface area (Å²) in [5.74, 6) is -0.834. The fourth-order valence-corrected chi connectivity index (χ4v) is 2.38. The molecule has 4 nitrogen and oxygen atoms in total. The van der Waals surface area contributed by atoms with E-state index < -0.39 is 12.0 Å². The topological polar surface area (TPSA) is 52.6 Å². The first kappa shape index (κ1) is 15.7. The minimum absolute atomic E-state index is 0.182. The Labute approximate surface area is 115 Å². The third kappa shape index (κ3) is 4.04. The van der Waals surface area contributed by atoms with E-state index in [1.54, 1.807) is 7.05 Å². The summed E-state index contributed by atoms with van der Waals surface area (Å²) in [6.45, 7) is 2.15. The summed E-state index contributed by atoms with van der Waals surface area (Å²) in [5, 5.41) is 12.2. The number of benzene rings is 1. The van der Waals surface area contributed by atoms with Crippen LogP contribution in [0.2, 0.25) is 0 Å². The number of carboxylic acid groups (broad SMARTS) is 1. The van der Waals surface area contributed by atoms with Gasteiger partial charge in [0, 0.05) is 0 Å². The fourth-order valence-electron chi connectivity index (χ4n) is 2.38. The molecule has 1 rings (SSSR count). The van der Waals surface area contributed by atoms with Crippen LogP contribution in [0.3, 0.4) is 0 Å². The molecule has 2 N–H and O–H groups in total. The molecule has 0 aromatic heterocycles. The van der Waals surface area contributed by atoms with Crippen LogP contribution in [0.5, 0.6) is 0 Å². The van der Waals surface area contributed by atoms with Crippen LogP contribution >= 0.6 is 0 Å². The summed E-state index contributed by atoms with van der Waals surface area (Å²) in [6, 6.07) is 7.44. The van der Waals surface area contributed by atoms with Crippen molar-refractivity contribution in [1.82, 2.24) is 10.2 Å². The molecule has 0 spiro atoms. The van der Waals surface area contributed by atoms with E-state index in [1.807, 2.05) is 31.1 Å². The molecule has 0 heterocycles. The number of carbonyl (C=O) groups is 1. The Bertz CT molecular complexity index is 401. The van der Waals surface area contributed by atoms with Gasteiger partial charge in [0.25, 0.3) is 0 Å². The molecule has 19 heavy (non-hydrogen) atoms. The Balaban J connectivity index is 3.01. The first-order chi connectivity index (χ1) is 9.01. The van der Waals surface area contributed by atoms with Crippen molar-refractivity contribution in [1.29, 1.82) is 0 Å². The molecule has 0 saturated heterocycles. The summed E-state index contributed by atoms with van der Waals surface area (Å²) in [4.78, 5) is 13.3. The number of hydrogen-bond donors (Lipinski definition) is 2. The van der Waals surface area contributed by atoms with Crippen LogP contribution in [0.15, 0.2) is 24.3 Å². The highest BCUT2D eigenvalue weighted by atomic mass is 16.4. The molecule has 0 amide bonds. The maximum absolute atomic E-state index is 11.3. The molecule has 0 aliphatic heterocycles. The van der Waals surface area contributed by atoms with Gasteiger partial charge in [0.05, 0.1) is 6.04 Å². The lowest BCUT2D eigenvalue weighted by Crippen LogP contribution is -2.45. The number of aryl methyl sites for hydroxylation is 1. The summed E-state index contributed by atoms with van der Waals surface area (Å²) in [6.07, 6.45) is 2.17. The van der Waals surface area contributed by atoms with Crippen molar-refractivity contribution >= 4 is 5.97 Å². The average molecular weight is 264 g/mol. The van der Waals surface area contributed by atoms with Crippen LogP contribution in [0.1, 0.15) is 30.5 Å². The van der Waals surface area contributed by atoms with Crippen LogP contribution in [0, 0.1) is 0 Å². The van der Waals surface area contributed by atoms with Crippen molar-refractivity contribution in [3.63, 3.8) is 0 Å². The van der Waals surface area contributed by atoms with Gasteiger partial charge in [0.1, 0.15) is 6.04 Å². The molecular weight excluding hydrogens is 240 g/mol. The highest BCUT2D eigenvalue weighted by Crippen LogP contribution is 2.23. The first-order valence-corrected chi connectivity index (χ1v) is 6.66. The largest absolute Gasteiger partial charge is 0.480 e. The van der Waals surface area contributed by atoms with Crippen LogP contribution in [-0.4, -0.2) is 43.2 Å². The standard InChI is InChI=1S/C15H24N2O2/c1-5-6-11-7-9-12(10-8-11)14(17(3)4)13(16-2)15(18)19/h7-10,13-14,16H,5-6H2,1-4H3,(H,18,19). The normalized spacial score (nSPS) is 14.4. The number of nitrogens with one attached hydrogen (secondary N) is 1. The highest BCUT2D eigenvalue weighted by Gasteiger charge is 2.29. The van der Waals surface area contributed by atoms with Gasteiger partial charge in [-0.2, -0.15) is 0 Å². The molecule has 1 aromatic carbocycles. The van der Waals surface area contributed by atoms with Crippen molar-refractivity contribution in [2.45, 2.75) is 31.8 Å². The predicted molar refractivity (Wildman–Crippen MR) is 77.3 cm³/mol. The van der Waals surface area contributed by atoms with E-state index in [-0.39, 0.29) is 6.04 Å². The van der Waals surface area contributed by atoms with E-state index in [0.717, 1.165) is 18.4 Å². The molecule has 2 unspecified atom stereocenters. The van der Waals surface area contributed by atoms with Gasteiger partial charge in [-0.25, -0.2) is 0 Å². The van der Waals surface area contributed by atoms with E-state index in [4.69, 9.17) is 0 Å². The summed E-state index contributed by atoms with van der Waals surface area (Å²) < 4.78 is 0. The first-order valence-electron chi connectivity index (χ1n) is 6.66. The molecule has 0 bridgehead atoms. The molecule has 0 aliphatic carbocycles. The van der Waals surface area contributed by atoms with E-state index in [9.17, 15) is 9.90 Å². The fraction of sp³-hybridized carbons (Fsp3) is 0.533. The Morgan fingerprint density at radius 2 is 1.89 bits per heavy atom. The number of rotatable bonds is 7. The molecule has 106 valence electrons. The molecule has 4 heteroatoms. The molecule has 0 saturated carbocycles. The lowest BCUT2D eigenvalue weighted by Gasteiger charge is -2.30. The second-order valence-corrected chi connectivity index (χ2v) is 5.00. The Morgan fingerprint density at radius 3 is 2.26 bits per heavy atom. The summed E-state index contributed by atoms with van der Waals surface area (Å²) in [7, 11) is 5.48. The number of likely N-dealkylation sites (N-methyl/N-ethyl adjacent to an activating group) is 2. The smallest absolute Gasteiger partial charge is 0.322 e. The van der Waals surface area contributed by atoms with Gasteiger partial charge < -0.3 is 15.3 Å². The van der Waals surface area contributed by atoms with Crippen molar-refractivity contribution < 1.29 is 9.90 Å². The zero-order valence-corrected chi connectivity index (χ0v) is 12.2. The van der Waals surface area contributed by atoms with Gasteiger partial charge in [-0.05, 0) is 38.7 Å². The van der Waals surface area contributed by atoms with Crippen molar-refractivity contribution in [3.05, 3.63) is 35.4 Å². The highest BCUT2D eigenvalue weighted by molar-refractivity contribution is 5.74. The Hall–Kier alpha value is -1.39. The number of carboxylic acids is 1. The monoisotopic (exact) mass is 264 g/mol.